The van der Waals surface area contributed by atoms with Gasteiger partial charge in [-0.2, -0.15) is 0 Å². The van der Waals surface area contributed by atoms with E-state index in [0.717, 1.165) is 0 Å². The first kappa shape index (κ1) is 15.7. The zero-order valence-corrected chi connectivity index (χ0v) is 13.0. The van der Waals surface area contributed by atoms with E-state index in [1.54, 1.807) is 30.1 Å². The minimum absolute atomic E-state index is 0.0280. The molecule has 0 bridgehead atoms. The molecule has 7 heteroatoms. The molecule has 0 saturated heterocycles. The predicted octanol–water partition coefficient (Wildman–Crippen LogP) is 3.51. The number of nitro benzene ring substituents is 1. The van der Waals surface area contributed by atoms with Gasteiger partial charge in [0.25, 0.3) is 5.69 Å². The average molecular weight is 329 g/mol. The highest BCUT2D eigenvalue weighted by Gasteiger charge is 2.19. The van der Waals surface area contributed by atoms with Crippen LogP contribution in [0.2, 0.25) is 0 Å². The Morgan fingerprint density at radius 1 is 1.08 bits per heavy atom. The van der Waals surface area contributed by atoms with Gasteiger partial charge in [0, 0.05) is 23.6 Å². The van der Waals surface area contributed by atoms with Gasteiger partial charge < -0.3 is 9.47 Å². The van der Waals surface area contributed by atoms with Gasteiger partial charge in [-0.15, -0.1) is 0 Å². The van der Waals surface area contributed by atoms with Crippen molar-refractivity contribution < 1.29 is 23.4 Å². The van der Waals surface area contributed by atoms with E-state index in [-0.39, 0.29) is 11.4 Å². The molecule has 0 aliphatic rings. The van der Waals surface area contributed by atoms with Gasteiger partial charge in [-0.25, -0.2) is 8.96 Å². The Kier molecular flexibility index (Phi) is 3.99. The number of rotatable bonds is 4. The first-order chi connectivity index (χ1) is 11.5. The summed E-state index contributed by atoms with van der Waals surface area (Å²) >= 11 is 0. The summed E-state index contributed by atoms with van der Waals surface area (Å²) in [6.07, 6.45) is 3.39. The van der Waals surface area contributed by atoms with Crippen molar-refractivity contribution in [2.75, 3.05) is 7.11 Å². The van der Waals surface area contributed by atoms with E-state index in [4.69, 9.17) is 9.47 Å². The zero-order chi connectivity index (χ0) is 17.3. The maximum Gasteiger partial charge on any atom is 0.283 e. The van der Waals surface area contributed by atoms with E-state index in [2.05, 4.69) is 0 Å². The molecule has 0 fully saturated rings. The minimum Gasteiger partial charge on any atom is -0.493 e. The fraction of sp³-hybridized carbons (Fsp3) is 0.118. The van der Waals surface area contributed by atoms with E-state index in [1.807, 2.05) is 0 Å². The lowest BCUT2D eigenvalue weighted by atomic mass is 10.1. The molecular formula is C17H14FN2O4+. The van der Waals surface area contributed by atoms with Crippen LogP contribution < -0.4 is 14.0 Å². The quantitative estimate of drug-likeness (QED) is 0.417. The second-order valence-corrected chi connectivity index (χ2v) is 5.17. The molecule has 1 aromatic heterocycles. The van der Waals surface area contributed by atoms with Gasteiger partial charge in [0.05, 0.1) is 12.0 Å². The lowest BCUT2D eigenvalue weighted by Crippen LogP contribution is -2.26. The molecule has 3 aromatic rings. The van der Waals surface area contributed by atoms with Crippen LogP contribution in [0.4, 0.5) is 10.1 Å². The third-order valence-corrected chi connectivity index (χ3v) is 3.58. The number of methoxy groups -OCH3 is 1. The molecule has 0 atom stereocenters. The number of hydrogen-bond donors (Lipinski definition) is 0. The Morgan fingerprint density at radius 3 is 2.54 bits per heavy atom. The summed E-state index contributed by atoms with van der Waals surface area (Å²) < 4.78 is 26.1. The van der Waals surface area contributed by atoms with Crippen LogP contribution in [0.25, 0.3) is 10.8 Å². The Hall–Kier alpha value is -3.22. The van der Waals surface area contributed by atoms with Crippen LogP contribution in [0.3, 0.4) is 0 Å². The normalized spacial score (nSPS) is 10.6. The van der Waals surface area contributed by atoms with Gasteiger partial charge in [-0.1, -0.05) is 0 Å². The van der Waals surface area contributed by atoms with Gasteiger partial charge >= 0.3 is 0 Å². The summed E-state index contributed by atoms with van der Waals surface area (Å²) in [4.78, 5) is 10.8. The third-order valence-electron chi connectivity index (χ3n) is 3.58. The molecule has 2 aromatic carbocycles. The Morgan fingerprint density at radius 2 is 1.83 bits per heavy atom. The van der Waals surface area contributed by atoms with Crippen molar-refractivity contribution in [1.29, 1.82) is 0 Å². The number of aromatic nitrogens is 1. The van der Waals surface area contributed by atoms with Crippen molar-refractivity contribution in [3.8, 4) is 17.2 Å². The highest BCUT2D eigenvalue weighted by molar-refractivity contribution is 5.94. The number of hydrogen-bond acceptors (Lipinski definition) is 4. The molecule has 0 saturated carbocycles. The predicted molar refractivity (Wildman–Crippen MR) is 84.8 cm³/mol. The second kappa shape index (κ2) is 6.11. The van der Waals surface area contributed by atoms with Gasteiger partial charge in [-0.3, -0.25) is 10.1 Å². The number of halogens is 1. The van der Waals surface area contributed by atoms with Crippen LogP contribution in [-0.4, -0.2) is 12.0 Å². The van der Waals surface area contributed by atoms with Crippen LogP contribution >= 0.6 is 0 Å². The largest absolute Gasteiger partial charge is 0.493 e. The van der Waals surface area contributed by atoms with Gasteiger partial charge in [0.15, 0.2) is 23.9 Å². The van der Waals surface area contributed by atoms with E-state index >= 15 is 0 Å². The van der Waals surface area contributed by atoms with Crippen LogP contribution in [0, 0.1) is 15.9 Å². The maximum absolute atomic E-state index is 13.5. The monoisotopic (exact) mass is 329 g/mol. The molecule has 0 amide bonds. The van der Waals surface area contributed by atoms with Crippen molar-refractivity contribution in [3.05, 3.63) is 64.7 Å². The van der Waals surface area contributed by atoms with Crippen LogP contribution in [-0.2, 0) is 7.05 Å². The topological polar surface area (TPSA) is 65.5 Å². The molecule has 0 unspecified atom stereocenters. The second-order valence-electron chi connectivity index (χ2n) is 5.17. The van der Waals surface area contributed by atoms with Crippen molar-refractivity contribution in [2.24, 2.45) is 7.05 Å². The molecule has 0 N–H and O–H groups in total. The Labute approximate surface area is 136 Å². The molecule has 24 heavy (non-hydrogen) atoms. The molecule has 122 valence electrons. The van der Waals surface area contributed by atoms with E-state index in [0.29, 0.717) is 22.3 Å². The van der Waals surface area contributed by atoms with Gasteiger partial charge in [0.1, 0.15) is 24.0 Å². The number of benzene rings is 2. The fourth-order valence-electron chi connectivity index (χ4n) is 2.45. The van der Waals surface area contributed by atoms with E-state index in [1.165, 1.54) is 37.4 Å². The molecule has 0 spiro atoms. The molecule has 3 rings (SSSR count). The molecule has 0 radical (unpaired) electrons. The highest BCUT2D eigenvalue weighted by atomic mass is 19.1. The van der Waals surface area contributed by atoms with Crippen LogP contribution in [0.5, 0.6) is 17.2 Å². The summed E-state index contributed by atoms with van der Waals surface area (Å²) in [5.74, 6) is 0.466. The molecule has 0 aliphatic heterocycles. The number of fused-ring (bicyclic) bond motifs is 1. The average Bonchev–Trinajstić information content (AvgIpc) is 2.54. The number of aryl methyl sites for hydroxylation is 1. The van der Waals surface area contributed by atoms with Crippen molar-refractivity contribution in [3.63, 3.8) is 0 Å². The fourth-order valence-corrected chi connectivity index (χ4v) is 2.45. The highest BCUT2D eigenvalue weighted by Crippen LogP contribution is 2.37. The summed E-state index contributed by atoms with van der Waals surface area (Å²) in [5.41, 5.74) is -0.0280. The van der Waals surface area contributed by atoms with Gasteiger partial charge in [0.2, 0.25) is 0 Å². The molecule has 1 heterocycles. The number of nitro groups is 1. The number of ether oxygens (including phenoxy) is 2. The zero-order valence-electron chi connectivity index (χ0n) is 13.0. The van der Waals surface area contributed by atoms with E-state index in [9.17, 15) is 14.5 Å². The summed E-state index contributed by atoms with van der Waals surface area (Å²) in [6, 6.07) is 8.49. The SMILES string of the molecule is COc1ccc(F)cc1Oc1ccc([N+](=O)[O-])c2c[n+](C)ccc12. The van der Waals surface area contributed by atoms with E-state index < -0.39 is 10.7 Å². The lowest BCUT2D eigenvalue weighted by molar-refractivity contribution is -0.670. The summed E-state index contributed by atoms with van der Waals surface area (Å²) in [6.45, 7) is 0. The summed E-state index contributed by atoms with van der Waals surface area (Å²) in [5, 5.41) is 12.2. The molecule has 6 nitrogen and oxygen atoms in total. The minimum atomic E-state index is -0.469. The Bertz CT molecular complexity index is 943. The van der Waals surface area contributed by atoms with Crippen LogP contribution in [0.15, 0.2) is 48.8 Å². The smallest absolute Gasteiger partial charge is 0.283 e. The first-order valence-electron chi connectivity index (χ1n) is 7.07. The third kappa shape index (κ3) is 2.83. The number of non-ortho nitro benzene ring substituents is 1. The lowest BCUT2D eigenvalue weighted by Gasteiger charge is -2.12. The summed E-state index contributed by atoms with van der Waals surface area (Å²) in [7, 11) is 3.22. The maximum atomic E-state index is 13.5. The number of pyridine rings is 1. The van der Waals surface area contributed by atoms with Crippen molar-refractivity contribution in [2.45, 2.75) is 0 Å². The first-order valence-corrected chi connectivity index (χ1v) is 7.07. The molecular weight excluding hydrogens is 315 g/mol. The van der Waals surface area contributed by atoms with Crippen molar-refractivity contribution in [1.82, 2.24) is 0 Å². The standard InChI is InChI=1S/C17H14FN2O4/c1-19-8-7-12-13(10-19)14(20(21)22)4-6-15(12)24-17-9-11(18)3-5-16(17)23-2/h3-10H,1-2H3/q+1. The Balaban J connectivity index is 2.16. The van der Waals surface area contributed by atoms with Crippen LogP contribution in [0.1, 0.15) is 0 Å². The molecule has 0 aliphatic carbocycles. The van der Waals surface area contributed by atoms with Gasteiger partial charge in [-0.05, 0) is 18.2 Å². The van der Waals surface area contributed by atoms with Crippen molar-refractivity contribution >= 4 is 16.5 Å². The number of nitrogens with zero attached hydrogens (tertiary/aromatic N) is 2.